The fraction of sp³-hybridized carbons (Fsp3) is 0.417. The van der Waals surface area contributed by atoms with Crippen molar-refractivity contribution in [3.05, 3.63) is 35.6 Å². The minimum absolute atomic E-state index is 0.100. The van der Waals surface area contributed by atoms with E-state index < -0.39 is 17.7 Å². The average molecular weight is 257 g/mol. The van der Waals surface area contributed by atoms with Gasteiger partial charge in [-0.25, -0.2) is 9.18 Å². The first-order chi connectivity index (χ1) is 8.55. The van der Waals surface area contributed by atoms with Crippen LogP contribution in [0.1, 0.15) is 18.9 Å². The molecule has 0 aliphatic carbocycles. The maximum absolute atomic E-state index is 13.8. The summed E-state index contributed by atoms with van der Waals surface area (Å²) in [7, 11) is 1.41. The van der Waals surface area contributed by atoms with Gasteiger partial charge in [0.25, 0.3) is 0 Å². The standard InChI is InChI=1S/C12H16FNO4/c1-3-12(17-8-16-2,18-11(14)15)9-6-4-5-7-10(9)13/h4-7H,3,8H2,1-2H3,(H2,14,15)/t12-/m0/s1. The number of ether oxygens (including phenoxy) is 3. The molecule has 0 bridgehead atoms. The van der Waals surface area contributed by atoms with Crippen LogP contribution in [0.3, 0.4) is 0 Å². The molecule has 0 aliphatic rings. The smallest absolute Gasteiger partial charge is 0.407 e. The molecule has 1 aromatic carbocycles. The molecule has 1 rings (SSSR count). The maximum Gasteiger partial charge on any atom is 0.407 e. The molecule has 0 heterocycles. The molecule has 2 N–H and O–H groups in total. The number of hydrogen-bond donors (Lipinski definition) is 1. The lowest BCUT2D eigenvalue weighted by atomic mass is 10.0. The zero-order valence-electron chi connectivity index (χ0n) is 10.3. The third-order valence-corrected chi connectivity index (χ3v) is 2.43. The molecular formula is C12H16FNO4. The molecule has 0 radical (unpaired) electrons. The minimum Gasteiger partial charge on any atom is -0.412 e. The number of benzene rings is 1. The number of carbonyl (C=O) groups is 1. The van der Waals surface area contributed by atoms with Crippen LogP contribution in [0.5, 0.6) is 0 Å². The number of primary amides is 1. The zero-order chi connectivity index (χ0) is 13.6. The molecule has 1 aromatic rings. The predicted molar refractivity (Wildman–Crippen MR) is 62.0 cm³/mol. The normalized spacial score (nSPS) is 13.9. The highest BCUT2D eigenvalue weighted by Crippen LogP contribution is 2.32. The van der Waals surface area contributed by atoms with Crippen molar-refractivity contribution in [2.24, 2.45) is 5.73 Å². The number of nitrogens with two attached hydrogens (primary N) is 1. The van der Waals surface area contributed by atoms with E-state index in [2.05, 4.69) is 0 Å². The van der Waals surface area contributed by atoms with Crippen LogP contribution in [-0.2, 0) is 20.0 Å². The van der Waals surface area contributed by atoms with Gasteiger partial charge < -0.3 is 19.9 Å². The van der Waals surface area contributed by atoms with Gasteiger partial charge >= 0.3 is 6.09 Å². The molecule has 0 fully saturated rings. The Morgan fingerprint density at radius 2 is 2.11 bits per heavy atom. The van der Waals surface area contributed by atoms with Crippen molar-refractivity contribution >= 4 is 6.09 Å². The van der Waals surface area contributed by atoms with Gasteiger partial charge in [-0.05, 0) is 12.1 Å². The highest BCUT2D eigenvalue weighted by molar-refractivity contribution is 5.65. The Hall–Kier alpha value is -1.66. The summed E-state index contributed by atoms with van der Waals surface area (Å²) in [6.45, 7) is 1.53. The second-order valence-corrected chi connectivity index (χ2v) is 3.56. The summed E-state index contributed by atoms with van der Waals surface area (Å²) >= 11 is 0. The molecule has 0 unspecified atom stereocenters. The van der Waals surface area contributed by atoms with Crippen LogP contribution in [0.25, 0.3) is 0 Å². The Kier molecular flexibility index (Phi) is 5.06. The van der Waals surface area contributed by atoms with E-state index in [1.54, 1.807) is 13.0 Å². The van der Waals surface area contributed by atoms with Gasteiger partial charge in [0.05, 0.1) is 5.56 Å². The van der Waals surface area contributed by atoms with Crippen LogP contribution in [0.4, 0.5) is 9.18 Å². The van der Waals surface area contributed by atoms with Crippen LogP contribution < -0.4 is 5.73 Å². The van der Waals surface area contributed by atoms with Gasteiger partial charge in [0.15, 0.2) is 6.79 Å². The molecule has 0 spiro atoms. The molecule has 1 atom stereocenters. The van der Waals surface area contributed by atoms with Crippen molar-refractivity contribution in [1.29, 1.82) is 0 Å². The highest BCUT2D eigenvalue weighted by atomic mass is 19.1. The van der Waals surface area contributed by atoms with Gasteiger partial charge in [0.2, 0.25) is 5.79 Å². The van der Waals surface area contributed by atoms with Crippen molar-refractivity contribution in [3.63, 3.8) is 0 Å². The Morgan fingerprint density at radius 3 is 2.61 bits per heavy atom. The van der Waals surface area contributed by atoms with Crippen LogP contribution in [0.2, 0.25) is 0 Å². The van der Waals surface area contributed by atoms with Crippen molar-refractivity contribution in [2.75, 3.05) is 13.9 Å². The maximum atomic E-state index is 13.8. The summed E-state index contributed by atoms with van der Waals surface area (Å²) in [6, 6.07) is 5.86. The topological polar surface area (TPSA) is 70.8 Å². The summed E-state index contributed by atoms with van der Waals surface area (Å²) in [5.41, 5.74) is 5.11. The highest BCUT2D eigenvalue weighted by Gasteiger charge is 2.38. The molecular weight excluding hydrogens is 241 g/mol. The largest absolute Gasteiger partial charge is 0.412 e. The second kappa shape index (κ2) is 6.32. The number of halogens is 1. The minimum atomic E-state index is -1.58. The van der Waals surface area contributed by atoms with Gasteiger partial charge in [-0.2, -0.15) is 0 Å². The second-order valence-electron chi connectivity index (χ2n) is 3.56. The molecule has 0 saturated carbocycles. The van der Waals surface area contributed by atoms with E-state index in [-0.39, 0.29) is 18.8 Å². The van der Waals surface area contributed by atoms with Gasteiger partial charge in [-0.3, -0.25) is 0 Å². The Bertz CT molecular complexity index is 413. The molecule has 1 amide bonds. The molecule has 5 nitrogen and oxygen atoms in total. The van der Waals surface area contributed by atoms with Gasteiger partial charge in [-0.1, -0.05) is 19.1 Å². The predicted octanol–water partition coefficient (Wildman–Crippen LogP) is 2.10. The van der Waals surface area contributed by atoms with Crippen molar-refractivity contribution in [3.8, 4) is 0 Å². The quantitative estimate of drug-likeness (QED) is 0.792. The summed E-state index contributed by atoms with van der Waals surface area (Å²) in [6.07, 6.45) is -0.851. The number of rotatable bonds is 6. The first-order valence-electron chi connectivity index (χ1n) is 5.42. The first kappa shape index (κ1) is 14.4. The van der Waals surface area contributed by atoms with E-state index in [1.165, 1.54) is 25.3 Å². The van der Waals surface area contributed by atoms with E-state index in [9.17, 15) is 9.18 Å². The van der Waals surface area contributed by atoms with E-state index in [0.717, 1.165) is 0 Å². The zero-order valence-corrected chi connectivity index (χ0v) is 10.3. The van der Waals surface area contributed by atoms with Crippen LogP contribution in [0, 0.1) is 5.82 Å². The van der Waals surface area contributed by atoms with Crippen molar-refractivity contribution in [2.45, 2.75) is 19.1 Å². The summed E-state index contributed by atoms with van der Waals surface area (Å²) in [4.78, 5) is 11.0. The SMILES string of the molecule is CC[C@](OCOC)(OC(N)=O)c1ccccc1F. The van der Waals surface area contributed by atoms with Crippen LogP contribution in [0.15, 0.2) is 24.3 Å². The molecule has 0 aliphatic heterocycles. The number of carbonyl (C=O) groups excluding carboxylic acids is 1. The van der Waals surface area contributed by atoms with E-state index in [0.29, 0.717) is 0 Å². The van der Waals surface area contributed by atoms with Crippen molar-refractivity contribution in [1.82, 2.24) is 0 Å². The van der Waals surface area contributed by atoms with E-state index in [1.807, 2.05) is 0 Å². The molecule has 0 aromatic heterocycles. The van der Waals surface area contributed by atoms with Gasteiger partial charge in [0, 0.05) is 13.5 Å². The lowest BCUT2D eigenvalue weighted by molar-refractivity contribution is -0.250. The summed E-state index contributed by atoms with van der Waals surface area (Å²) < 4.78 is 28.8. The van der Waals surface area contributed by atoms with Crippen molar-refractivity contribution < 1.29 is 23.4 Å². The Balaban J connectivity index is 3.16. The summed E-state index contributed by atoms with van der Waals surface area (Å²) in [5.74, 6) is -2.12. The summed E-state index contributed by atoms with van der Waals surface area (Å²) in [5, 5.41) is 0. The number of amides is 1. The van der Waals surface area contributed by atoms with E-state index >= 15 is 0 Å². The first-order valence-corrected chi connectivity index (χ1v) is 5.42. The lowest BCUT2D eigenvalue weighted by Crippen LogP contribution is -2.38. The third kappa shape index (κ3) is 3.18. The third-order valence-electron chi connectivity index (χ3n) is 2.43. The molecule has 0 saturated heterocycles. The molecule has 100 valence electrons. The number of methoxy groups -OCH3 is 1. The van der Waals surface area contributed by atoms with Gasteiger partial charge in [-0.15, -0.1) is 0 Å². The molecule has 18 heavy (non-hydrogen) atoms. The van der Waals surface area contributed by atoms with Crippen LogP contribution in [-0.4, -0.2) is 20.0 Å². The Morgan fingerprint density at radius 1 is 1.44 bits per heavy atom. The van der Waals surface area contributed by atoms with Gasteiger partial charge in [0.1, 0.15) is 5.82 Å². The fourth-order valence-electron chi connectivity index (χ4n) is 1.61. The van der Waals surface area contributed by atoms with Crippen LogP contribution >= 0.6 is 0 Å². The lowest BCUT2D eigenvalue weighted by Gasteiger charge is -2.31. The monoisotopic (exact) mass is 257 g/mol. The fourth-order valence-corrected chi connectivity index (χ4v) is 1.61. The number of hydrogen-bond acceptors (Lipinski definition) is 4. The van der Waals surface area contributed by atoms with E-state index in [4.69, 9.17) is 19.9 Å². The molecule has 6 heteroatoms. The Labute approximate surface area is 105 Å². The average Bonchev–Trinajstić information content (AvgIpc) is 2.35.